The number of carbonyl (C=O) groups is 1. The van der Waals surface area contributed by atoms with E-state index in [0.29, 0.717) is 17.7 Å². The van der Waals surface area contributed by atoms with E-state index in [1.165, 1.54) is 0 Å². The summed E-state index contributed by atoms with van der Waals surface area (Å²) in [7, 11) is 0. The van der Waals surface area contributed by atoms with Gasteiger partial charge in [0.2, 0.25) is 0 Å². The van der Waals surface area contributed by atoms with Crippen LogP contribution in [0.15, 0.2) is 34.8 Å². The van der Waals surface area contributed by atoms with Crippen LogP contribution >= 0.6 is 15.9 Å². The first-order valence-corrected chi connectivity index (χ1v) is 5.58. The maximum absolute atomic E-state index is 11.8. The standard InChI is InChI=1S/C12H14BrNO/c1-3-8(2)6-12(15)10-7-9(13)4-5-11(10)14/h4-5,7H,2-3,6,14H2,1H3. The van der Waals surface area contributed by atoms with Crippen LogP contribution in [-0.4, -0.2) is 5.78 Å². The third-order valence-corrected chi connectivity index (χ3v) is 2.72. The minimum atomic E-state index is 0.0284. The van der Waals surface area contributed by atoms with Gasteiger partial charge in [0.05, 0.1) is 0 Å². The molecule has 0 unspecified atom stereocenters. The van der Waals surface area contributed by atoms with Gasteiger partial charge in [0.25, 0.3) is 0 Å². The van der Waals surface area contributed by atoms with E-state index in [-0.39, 0.29) is 5.78 Å². The van der Waals surface area contributed by atoms with Gasteiger partial charge < -0.3 is 5.73 Å². The van der Waals surface area contributed by atoms with E-state index in [9.17, 15) is 4.79 Å². The fourth-order valence-electron chi connectivity index (χ4n) is 1.22. The van der Waals surface area contributed by atoms with E-state index >= 15 is 0 Å². The number of rotatable bonds is 4. The Balaban J connectivity index is 2.91. The van der Waals surface area contributed by atoms with E-state index in [4.69, 9.17) is 5.73 Å². The molecule has 80 valence electrons. The van der Waals surface area contributed by atoms with E-state index in [1.54, 1.807) is 12.1 Å². The van der Waals surface area contributed by atoms with Gasteiger partial charge in [-0.3, -0.25) is 4.79 Å². The molecule has 2 N–H and O–H groups in total. The third kappa shape index (κ3) is 3.20. The molecule has 0 heterocycles. The first-order chi connectivity index (χ1) is 7.04. The van der Waals surface area contributed by atoms with Crippen LogP contribution in [0, 0.1) is 0 Å². The molecule has 3 heteroatoms. The van der Waals surface area contributed by atoms with Crippen LogP contribution in [0.3, 0.4) is 0 Å². The summed E-state index contributed by atoms with van der Waals surface area (Å²) in [6, 6.07) is 5.30. The smallest absolute Gasteiger partial charge is 0.168 e. The highest BCUT2D eigenvalue weighted by Gasteiger charge is 2.10. The number of ketones is 1. The first-order valence-electron chi connectivity index (χ1n) is 4.79. The highest BCUT2D eigenvalue weighted by Crippen LogP contribution is 2.21. The van der Waals surface area contributed by atoms with Crippen LogP contribution in [0.2, 0.25) is 0 Å². The summed E-state index contributed by atoms with van der Waals surface area (Å²) in [6.07, 6.45) is 1.19. The van der Waals surface area contributed by atoms with Gasteiger partial charge in [0.1, 0.15) is 0 Å². The molecule has 0 atom stereocenters. The van der Waals surface area contributed by atoms with Crippen LogP contribution < -0.4 is 5.73 Å². The number of allylic oxidation sites excluding steroid dienone is 1. The maximum atomic E-state index is 11.8. The van der Waals surface area contributed by atoms with E-state index < -0.39 is 0 Å². The second-order valence-corrected chi connectivity index (χ2v) is 4.35. The Labute approximate surface area is 98.3 Å². The molecule has 1 aromatic carbocycles. The van der Waals surface area contributed by atoms with Crippen molar-refractivity contribution in [3.63, 3.8) is 0 Å². The van der Waals surface area contributed by atoms with Crippen molar-refractivity contribution in [2.75, 3.05) is 5.73 Å². The summed E-state index contributed by atoms with van der Waals surface area (Å²) in [5, 5.41) is 0. The van der Waals surface area contributed by atoms with Crippen molar-refractivity contribution in [3.05, 3.63) is 40.4 Å². The number of Topliss-reactive ketones (excluding diaryl/α,β-unsaturated/α-hetero) is 1. The lowest BCUT2D eigenvalue weighted by Crippen LogP contribution is -2.04. The zero-order chi connectivity index (χ0) is 11.4. The lowest BCUT2D eigenvalue weighted by Gasteiger charge is -2.06. The normalized spacial score (nSPS) is 10.0. The van der Waals surface area contributed by atoms with Gasteiger partial charge in [0.15, 0.2) is 5.78 Å². The number of carbonyl (C=O) groups excluding carboxylic acids is 1. The average Bonchev–Trinajstić information content (AvgIpc) is 2.21. The largest absolute Gasteiger partial charge is 0.398 e. The molecule has 0 aromatic heterocycles. The molecule has 1 rings (SSSR count). The van der Waals surface area contributed by atoms with E-state index in [0.717, 1.165) is 16.5 Å². The van der Waals surface area contributed by atoms with Crippen molar-refractivity contribution in [3.8, 4) is 0 Å². The Morgan fingerprint density at radius 2 is 2.20 bits per heavy atom. The molecule has 0 bridgehead atoms. The molecule has 0 aliphatic carbocycles. The molecule has 0 aliphatic heterocycles. The number of halogens is 1. The molecule has 15 heavy (non-hydrogen) atoms. The first kappa shape index (κ1) is 12.0. The van der Waals surface area contributed by atoms with Crippen LogP contribution in [0.1, 0.15) is 30.1 Å². The molecule has 0 fully saturated rings. The number of anilines is 1. The average molecular weight is 268 g/mol. The Bertz CT molecular complexity index is 399. The molecular formula is C12H14BrNO. The van der Waals surface area contributed by atoms with Crippen molar-refractivity contribution >= 4 is 27.4 Å². The predicted molar refractivity (Wildman–Crippen MR) is 66.9 cm³/mol. The van der Waals surface area contributed by atoms with Gasteiger partial charge in [-0.05, 0) is 24.6 Å². The minimum Gasteiger partial charge on any atom is -0.398 e. The highest BCUT2D eigenvalue weighted by molar-refractivity contribution is 9.10. The molecule has 0 spiro atoms. The van der Waals surface area contributed by atoms with Crippen LogP contribution in [0.25, 0.3) is 0 Å². The molecule has 0 aliphatic rings. The molecule has 0 saturated heterocycles. The molecule has 0 amide bonds. The van der Waals surface area contributed by atoms with E-state index in [1.807, 2.05) is 13.0 Å². The topological polar surface area (TPSA) is 43.1 Å². The van der Waals surface area contributed by atoms with Crippen LogP contribution in [0.5, 0.6) is 0 Å². The number of hydrogen-bond donors (Lipinski definition) is 1. The summed E-state index contributed by atoms with van der Waals surface area (Å²) < 4.78 is 0.863. The molecule has 0 radical (unpaired) electrons. The predicted octanol–water partition coefficient (Wildman–Crippen LogP) is 3.57. The monoisotopic (exact) mass is 267 g/mol. The molecule has 2 nitrogen and oxygen atoms in total. The number of nitrogens with two attached hydrogens (primary N) is 1. The summed E-state index contributed by atoms with van der Waals surface area (Å²) in [5.41, 5.74) is 7.76. The second kappa shape index (κ2) is 5.12. The summed E-state index contributed by atoms with van der Waals surface area (Å²) >= 11 is 3.32. The molecular weight excluding hydrogens is 254 g/mol. The quantitative estimate of drug-likeness (QED) is 0.515. The minimum absolute atomic E-state index is 0.0284. The third-order valence-electron chi connectivity index (χ3n) is 2.23. The Hall–Kier alpha value is -1.09. The van der Waals surface area contributed by atoms with Gasteiger partial charge in [0, 0.05) is 22.1 Å². The zero-order valence-corrected chi connectivity index (χ0v) is 10.3. The number of benzene rings is 1. The summed E-state index contributed by atoms with van der Waals surface area (Å²) in [4.78, 5) is 11.8. The summed E-state index contributed by atoms with van der Waals surface area (Å²) in [6.45, 7) is 5.80. The summed E-state index contributed by atoms with van der Waals surface area (Å²) in [5.74, 6) is 0.0284. The van der Waals surface area contributed by atoms with Crippen molar-refractivity contribution in [1.82, 2.24) is 0 Å². The fraction of sp³-hybridized carbons (Fsp3) is 0.250. The SMILES string of the molecule is C=C(CC)CC(=O)c1cc(Br)ccc1N. The van der Waals surface area contributed by atoms with Gasteiger partial charge in [-0.15, -0.1) is 0 Å². The molecule has 1 aromatic rings. The van der Waals surface area contributed by atoms with Crippen LogP contribution in [-0.2, 0) is 0 Å². The zero-order valence-electron chi connectivity index (χ0n) is 8.72. The molecule has 0 saturated carbocycles. The van der Waals surface area contributed by atoms with Crippen molar-refractivity contribution < 1.29 is 4.79 Å². The van der Waals surface area contributed by atoms with Gasteiger partial charge in [-0.1, -0.05) is 35.0 Å². The van der Waals surface area contributed by atoms with Gasteiger partial charge >= 0.3 is 0 Å². The second-order valence-electron chi connectivity index (χ2n) is 3.44. The van der Waals surface area contributed by atoms with Crippen LogP contribution in [0.4, 0.5) is 5.69 Å². The van der Waals surface area contributed by atoms with Gasteiger partial charge in [-0.25, -0.2) is 0 Å². The maximum Gasteiger partial charge on any atom is 0.168 e. The lowest BCUT2D eigenvalue weighted by molar-refractivity contribution is 0.0993. The van der Waals surface area contributed by atoms with Gasteiger partial charge in [-0.2, -0.15) is 0 Å². The fourth-order valence-corrected chi connectivity index (χ4v) is 1.58. The van der Waals surface area contributed by atoms with E-state index in [2.05, 4.69) is 22.5 Å². The van der Waals surface area contributed by atoms with Crippen molar-refractivity contribution in [2.45, 2.75) is 19.8 Å². The van der Waals surface area contributed by atoms with Crippen molar-refractivity contribution in [2.24, 2.45) is 0 Å². The Morgan fingerprint density at radius 3 is 2.80 bits per heavy atom. The number of nitrogen functional groups attached to an aromatic ring is 1. The lowest BCUT2D eigenvalue weighted by atomic mass is 10.0. The van der Waals surface area contributed by atoms with Crippen molar-refractivity contribution in [1.29, 1.82) is 0 Å². The highest BCUT2D eigenvalue weighted by atomic mass is 79.9. The number of hydrogen-bond acceptors (Lipinski definition) is 2. The Morgan fingerprint density at radius 1 is 1.53 bits per heavy atom. The Kier molecular flexibility index (Phi) is 4.09.